The van der Waals surface area contributed by atoms with Crippen molar-refractivity contribution in [2.24, 2.45) is 5.73 Å². The summed E-state index contributed by atoms with van der Waals surface area (Å²) >= 11 is 0. The Morgan fingerprint density at radius 1 is 1.05 bits per heavy atom. The largest absolute Gasteiger partial charge is 0.490 e. The highest BCUT2D eigenvalue weighted by atomic mass is 16.5. The van der Waals surface area contributed by atoms with E-state index in [0.717, 1.165) is 11.1 Å². The zero-order valence-corrected chi connectivity index (χ0v) is 12.5. The number of carbonyl (C=O) groups is 1. The summed E-state index contributed by atoms with van der Waals surface area (Å²) in [6, 6.07) is 15.2. The molecule has 0 bridgehead atoms. The first kappa shape index (κ1) is 15.3. The van der Waals surface area contributed by atoms with Gasteiger partial charge in [0, 0.05) is 13.0 Å². The van der Waals surface area contributed by atoms with Crippen LogP contribution in [-0.2, 0) is 13.0 Å². The zero-order chi connectivity index (χ0) is 15.2. The number of ketones is 1. The van der Waals surface area contributed by atoms with E-state index in [1.165, 1.54) is 0 Å². The standard InChI is InChI=1S/C18H21NO2/c1-13(2)21-18-10-6-5-9-16(18)17(20)11-14-7-3-4-8-15(14)12-19/h3-10,13H,11-12,19H2,1-2H3. The molecule has 0 amide bonds. The van der Waals surface area contributed by atoms with Gasteiger partial charge in [-0.3, -0.25) is 4.79 Å². The van der Waals surface area contributed by atoms with E-state index >= 15 is 0 Å². The molecule has 0 atom stereocenters. The summed E-state index contributed by atoms with van der Waals surface area (Å²) < 4.78 is 5.72. The van der Waals surface area contributed by atoms with Crippen molar-refractivity contribution >= 4 is 5.78 Å². The van der Waals surface area contributed by atoms with Crippen LogP contribution >= 0.6 is 0 Å². The minimum Gasteiger partial charge on any atom is -0.490 e. The third-order valence-corrected chi connectivity index (χ3v) is 3.24. The molecule has 21 heavy (non-hydrogen) atoms. The summed E-state index contributed by atoms with van der Waals surface area (Å²) in [5.41, 5.74) is 8.33. The van der Waals surface area contributed by atoms with Crippen LogP contribution in [0.15, 0.2) is 48.5 Å². The summed E-state index contributed by atoms with van der Waals surface area (Å²) in [6.07, 6.45) is 0.376. The highest BCUT2D eigenvalue weighted by molar-refractivity contribution is 6.00. The molecule has 0 saturated heterocycles. The summed E-state index contributed by atoms with van der Waals surface area (Å²) in [6.45, 7) is 4.34. The van der Waals surface area contributed by atoms with E-state index in [0.29, 0.717) is 24.3 Å². The van der Waals surface area contributed by atoms with E-state index in [-0.39, 0.29) is 11.9 Å². The lowest BCUT2D eigenvalue weighted by molar-refractivity contribution is 0.0987. The molecule has 3 nitrogen and oxygen atoms in total. The van der Waals surface area contributed by atoms with Gasteiger partial charge in [0.1, 0.15) is 5.75 Å². The highest BCUT2D eigenvalue weighted by Gasteiger charge is 2.14. The maximum Gasteiger partial charge on any atom is 0.170 e. The molecule has 0 fully saturated rings. The molecule has 2 aromatic rings. The third kappa shape index (κ3) is 3.92. The van der Waals surface area contributed by atoms with Crippen LogP contribution in [0, 0.1) is 0 Å². The Kier molecular flexibility index (Phi) is 5.12. The van der Waals surface area contributed by atoms with Gasteiger partial charge in [-0.15, -0.1) is 0 Å². The fraction of sp³-hybridized carbons (Fsp3) is 0.278. The number of hydrogen-bond acceptors (Lipinski definition) is 3. The first-order valence-corrected chi connectivity index (χ1v) is 7.17. The molecule has 2 N–H and O–H groups in total. The smallest absolute Gasteiger partial charge is 0.170 e. The highest BCUT2D eigenvalue weighted by Crippen LogP contribution is 2.22. The molecule has 3 heteroatoms. The Hall–Kier alpha value is -2.13. The SMILES string of the molecule is CC(C)Oc1ccccc1C(=O)Cc1ccccc1CN. The Labute approximate surface area is 125 Å². The molecular formula is C18H21NO2. The second-order valence-electron chi connectivity index (χ2n) is 5.24. The summed E-state index contributed by atoms with van der Waals surface area (Å²) in [5, 5.41) is 0. The van der Waals surface area contributed by atoms with Crippen molar-refractivity contribution in [1.82, 2.24) is 0 Å². The Balaban J connectivity index is 2.24. The molecule has 0 spiro atoms. The molecule has 0 unspecified atom stereocenters. The summed E-state index contributed by atoms with van der Waals surface area (Å²) in [4.78, 5) is 12.6. The lowest BCUT2D eigenvalue weighted by atomic mass is 9.98. The quantitative estimate of drug-likeness (QED) is 0.827. The fourth-order valence-corrected chi connectivity index (χ4v) is 2.25. The monoisotopic (exact) mass is 283 g/mol. The second kappa shape index (κ2) is 7.04. The Morgan fingerprint density at radius 3 is 2.33 bits per heavy atom. The van der Waals surface area contributed by atoms with Gasteiger partial charge in [-0.1, -0.05) is 36.4 Å². The van der Waals surface area contributed by atoms with Crippen LogP contribution < -0.4 is 10.5 Å². The minimum atomic E-state index is 0.0373. The zero-order valence-electron chi connectivity index (χ0n) is 12.5. The van der Waals surface area contributed by atoms with Crippen LogP contribution in [-0.4, -0.2) is 11.9 Å². The summed E-state index contributed by atoms with van der Waals surface area (Å²) in [7, 11) is 0. The normalized spacial score (nSPS) is 10.7. The average Bonchev–Trinajstić information content (AvgIpc) is 2.47. The first-order chi connectivity index (χ1) is 10.1. The number of benzene rings is 2. The van der Waals surface area contributed by atoms with Gasteiger partial charge in [0.05, 0.1) is 11.7 Å². The van der Waals surface area contributed by atoms with Crippen molar-refractivity contribution in [1.29, 1.82) is 0 Å². The maximum absolute atomic E-state index is 12.6. The van der Waals surface area contributed by atoms with Crippen LogP contribution in [0.5, 0.6) is 5.75 Å². The van der Waals surface area contributed by atoms with Crippen molar-refractivity contribution in [2.45, 2.75) is 32.9 Å². The topological polar surface area (TPSA) is 52.3 Å². The molecule has 0 radical (unpaired) electrons. The van der Waals surface area contributed by atoms with Gasteiger partial charge in [0.15, 0.2) is 5.78 Å². The maximum atomic E-state index is 12.6. The molecular weight excluding hydrogens is 262 g/mol. The number of para-hydroxylation sites is 1. The van der Waals surface area contributed by atoms with Crippen LogP contribution in [0.3, 0.4) is 0 Å². The predicted octanol–water partition coefficient (Wildman–Crippen LogP) is 3.36. The first-order valence-electron chi connectivity index (χ1n) is 7.17. The lowest BCUT2D eigenvalue weighted by Crippen LogP contribution is -2.12. The predicted molar refractivity (Wildman–Crippen MR) is 84.6 cm³/mol. The van der Waals surface area contributed by atoms with Gasteiger partial charge in [-0.05, 0) is 37.1 Å². The number of rotatable bonds is 6. The van der Waals surface area contributed by atoms with Crippen LogP contribution in [0.25, 0.3) is 0 Å². The van der Waals surface area contributed by atoms with Crippen LogP contribution in [0.4, 0.5) is 0 Å². The average molecular weight is 283 g/mol. The van der Waals surface area contributed by atoms with Crippen molar-refractivity contribution in [3.63, 3.8) is 0 Å². The minimum absolute atomic E-state index is 0.0373. The van der Waals surface area contributed by atoms with Gasteiger partial charge in [0.25, 0.3) is 0 Å². The molecule has 2 aromatic carbocycles. The van der Waals surface area contributed by atoms with Gasteiger partial charge >= 0.3 is 0 Å². The summed E-state index contributed by atoms with van der Waals surface area (Å²) in [5.74, 6) is 0.690. The van der Waals surface area contributed by atoms with E-state index < -0.39 is 0 Å². The van der Waals surface area contributed by atoms with E-state index in [1.807, 2.05) is 62.4 Å². The van der Waals surface area contributed by atoms with Crippen molar-refractivity contribution < 1.29 is 9.53 Å². The van der Waals surface area contributed by atoms with E-state index in [2.05, 4.69) is 0 Å². The number of carbonyl (C=O) groups excluding carboxylic acids is 1. The molecule has 0 aromatic heterocycles. The number of nitrogens with two attached hydrogens (primary N) is 1. The molecule has 0 aliphatic heterocycles. The van der Waals surface area contributed by atoms with Gasteiger partial charge in [-0.25, -0.2) is 0 Å². The Bertz CT molecular complexity index is 620. The van der Waals surface area contributed by atoms with E-state index in [9.17, 15) is 4.79 Å². The number of hydrogen-bond donors (Lipinski definition) is 1. The number of ether oxygens (including phenoxy) is 1. The molecule has 0 aliphatic carbocycles. The van der Waals surface area contributed by atoms with Crippen molar-refractivity contribution in [2.75, 3.05) is 0 Å². The second-order valence-corrected chi connectivity index (χ2v) is 5.24. The van der Waals surface area contributed by atoms with Crippen molar-refractivity contribution in [3.05, 3.63) is 65.2 Å². The Morgan fingerprint density at radius 2 is 1.67 bits per heavy atom. The third-order valence-electron chi connectivity index (χ3n) is 3.24. The van der Waals surface area contributed by atoms with E-state index in [4.69, 9.17) is 10.5 Å². The lowest BCUT2D eigenvalue weighted by Gasteiger charge is -2.14. The fourth-order valence-electron chi connectivity index (χ4n) is 2.25. The molecule has 0 saturated carbocycles. The number of Topliss-reactive ketones (excluding diaryl/α,β-unsaturated/α-hetero) is 1. The van der Waals surface area contributed by atoms with Crippen LogP contribution in [0.1, 0.15) is 35.3 Å². The van der Waals surface area contributed by atoms with Gasteiger partial charge in [0.2, 0.25) is 0 Å². The molecule has 0 aliphatic rings. The van der Waals surface area contributed by atoms with E-state index in [1.54, 1.807) is 0 Å². The molecule has 2 rings (SSSR count). The van der Waals surface area contributed by atoms with Crippen LogP contribution in [0.2, 0.25) is 0 Å². The molecule has 0 heterocycles. The van der Waals surface area contributed by atoms with Gasteiger partial charge < -0.3 is 10.5 Å². The van der Waals surface area contributed by atoms with Gasteiger partial charge in [-0.2, -0.15) is 0 Å². The van der Waals surface area contributed by atoms with Crippen molar-refractivity contribution in [3.8, 4) is 5.75 Å². The molecule has 110 valence electrons.